The summed E-state index contributed by atoms with van der Waals surface area (Å²) in [4.78, 5) is 14.1. The summed E-state index contributed by atoms with van der Waals surface area (Å²) >= 11 is 0. The Kier molecular flexibility index (Phi) is 7.28. The van der Waals surface area contributed by atoms with E-state index in [1.807, 2.05) is 11.8 Å². The minimum absolute atomic E-state index is 0.250. The van der Waals surface area contributed by atoms with E-state index in [2.05, 4.69) is 6.92 Å². The largest absolute Gasteiger partial charge is 0.382 e. The molecular weight excluding hydrogens is 228 g/mol. The van der Waals surface area contributed by atoms with Crippen LogP contribution < -0.4 is 5.73 Å². The first-order valence-electron chi connectivity index (χ1n) is 7.30. The van der Waals surface area contributed by atoms with Crippen LogP contribution in [0.3, 0.4) is 0 Å². The molecule has 1 aliphatic heterocycles. The molecule has 106 valence electrons. The molecular formula is C14H28N2O2. The average Bonchev–Trinajstić information content (AvgIpc) is 2.42. The van der Waals surface area contributed by atoms with Crippen LogP contribution in [0.5, 0.6) is 0 Å². The number of nitrogens with two attached hydrogens (primary N) is 1. The molecule has 0 saturated carbocycles. The number of ether oxygens (including phenoxy) is 1. The van der Waals surface area contributed by atoms with Crippen molar-refractivity contribution in [3.05, 3.63) is 0 Å². The number of hydrogen-bond donors (Lipinski definition) is 1. The zero-order valence-corrected chi connectivity index (χ0v) is 11.9. The average molecular weight is 256 g/mol. The highest BCUT2D eigenvalue weighted by Gasteiger charge is 2.29. The predicted octanol–water partition coefficient (Wildman–Crippen LogP) is 1.78. The van der Waals surface area contributed by atoms with E-state index in [-0.39, 0.29) is 11.9 Å². The second kappa shape index (κ2) is 8.48. The molecule has 0 bridgehead atoms. The Hall–Kier alpha value is -0.610. The van der Waals surface area contributed by atoms with Crippen molar-refractivity contribution in [2.24, 2.45) is 11.7 Å². The molecule has 2 unspecified atom stereocenters. The van der Waals surface area contributed by atoms with Gasteiger partial charge in [-0.3, -0.25) is 4.79 Å². The van der Waals surface area contributed by atoms with Gasteiger partial charge in [0, 0.05) is 38.8 Å². The lowest BCUT2D eigenvalue weighted by Crippen LogP contribution is -2.49. The summed E-state index contributed by atoms with van der Waals surface area (Å²) in [5.41, 5.74) is 5.81. The maximum atomic E-state index is 12.1. The fourth-order valence-corrected chi connectivity index (χ4v) is 2.67. The van der Waals surface area contributed by atoms with Gasteiger partial charge < -0.3 is 15.4 Å². The quantitative estimate of drug-likeness (QED) is 0.706. The first kappa shape index (κ1) is 15.4. The SMILES string of the molecule is CCOCCCC(=O)N1CCC(CC)CC1CN. The van der Waals surface area contributed by atoms with E-state index in [0.29, 0.717) is 19.6 Å². The molecule has 1 fully saturated rings. The summed E-state index contributed by atoms with van der Waals surface area (Å²) in [5.74, 6) is 0.991. The Bertz CT molecular complexity index is 246. The Morgan fingerprint density at radius 3 is 2.83 bits per heavy atom. The third-order valence-corrected chi connectivity index (χ3v) is 3.88. The lowest BCUT2D eigenvalue weighted by molar-refractivity contribution is -0.135. The number of carbonyl (C=O) groups is 1. The van der Waals surface area contributed by atoms with Crippen molar-refractivity contribution < 1.29 is 9.53 Å². The van der Waals surface area contributed by atoms with Gasteiger partial charge in [-0.1, -0.05) is 13.3 Å². The van der Waals surface area contributed by atoms with Gasteiger partial charge in [-0.15, -0.1) is 0 Å². The van der Waals surface area contributed by atoms with E-state index in [4.69, 9.17) is 10.5 Å². The van der Waals surface area contributed by atoms with Crippen LogP contribution in [0, 0.1) is 5.92 Å². The molecule has 2 atom stereocenters. The van der Waals surface area contributed by atoms with Crippen molar-refractivity contribution in [2.45, 2.75) is 52.0 Å². The summed E-state index contributed by atoms with van der Waals surface area (Å²) in [5, 5.41) is 0. The second-order valence-electron chi connectivity index (χ2n) is 5.08. The maximum absolute atomic E-state index is 12.1. The Morgan fingerprint density at radius 1 is 1.44 bits per heavy atom. The molecule has 1 aliphatic rings. The fourth-order valence-electron chi connectivity index (χ4n) is 2.67. The van der Waals surface area contributed by atoms with Crippen molar-refractivity contribution in [3.8, 4) is 0 Å². The van der Waals surface area contributed by atoms with Crippen LogP contribution in [0.1, 0.15) is 46.0 Å². The number of amides is 1. The zero-order chi connectivity index (χ0) is 13.4. The molecule has 0 radical (unpaired) electrons. The van der Waals surface area contributed by atoms with Crippen LogP contribution >= 0.6 is 0 Å². The summed E-state index contributed by atoms with van der Waals surface area (Å²) < 4.78 is 5.26. The summed E-state index contributed by atoms with van der Waals surface area (Å²) in [6, 6.07) is 0.253. The molecule has 0 aromatic rings. The van der Waals surface area contributed by atoms with Gasteiger partial charge in [0.1, 0.15) is 0 Å². The molecule has 1 heterocycles. The normalized spacial score (nSPS) is 24.3. The second-order valence-corrected chi connectivity index (χ2v) is 5.08. The van der Waals surface area contributed by atoms with Crippen molar-refractivity contribution in [3.63, 3.8) is 0 Å². The van der Waals surface area contributed by atoms with Crippen LogP contribution in [-0.2, 0) is 9.53 Å². The molecule has 0 aliphatic carbocycles. The Labute approximate surface area is 111 Å². The van der Waals surface area contributed by atoms with Gasteiger partial charge >= 0.3 is 0 Å². The number of likely N-dealkylation sites (tertiary alicyclic amines) is 1. The fraction of sp³-hybridized carbons (Fsp3) is 0.929. The highest BCUT2D eigenvalue weighted by Crippen LogP contribution is 2.25. The van der Waals surface area contributed by atoms with Crippen molar-refractivity contribution >= 4 is 5.91 Å². The molecule has 2 N–H and O–H groups in total. The summed E-state index contributed by atoms with van der Waals surface area (Å²) in [6.45, 7) is 7.07. The third-order valence-electron chi connectivity index (χ3n) is 3.88. The highest BCUT2D eigenvalue weighted by molar-refractivity contribution is 5.76. The van der Waals surface area contributed by atoms with Gasteiger partial charge in [0.05, 0.1) is 0 Å². The van der Waals surface area contributed by atoms with Crippen LogP contribution in [0.25, 0.3) is 0 Å². The monoisotopic (exact) mass is 256 g/mol. The third kappa shape index (κ3) is 4.58. The van der Waals surface area contributed by atoms with Crippen LogP contribution in [0.4, 0.5) is 0 Å². The van der Waals surface area contributed by atoms with E-state index >= 15 is 0 Å². The van der Waals surface area contributed by atoms with Crippen molar-refractivity contribution in [2.75, 3.05) is 26.3 Å². The molecule has 0 aromatic heterocycles. The molecule has 0 spiro atoms. The van der Waals surface area contributed by atoms with Crippen molar-refractivity contribution in [1.29, 1.82) is 0 Å². The predicted molar refractivity (Wildman–Crippen MR) is 73.3 cm³/mol. The van der Waals surface area contributed by atoms with Gasteiger partial charge in [0.25, 0.3) is 0 Å². The number of piperidine rings is 1. The van der Waals surface area contributed by atoms with Crippen molar-refractivity contribution in [1.82, 2.24) is 4.90 Å². The zero-order valence-electron chi connectivity index (χ0n) is 11.9. The standard InChI is InChI=1S/C14H28N2O2/c1-3-12-7-8-16(13(10-12)11-15)14(17)6-5-9-18-4-2/h12-13H,3-11,15H2,1-2H3. The van der Waals surface area contributed by atoms with E-state index in [9.17, 15) is 4.79 Å². The van der Waals surface area contributed by atoms with Gasteiger partial charge in [-0.05, 0) is 32.1 Å². The van der Waals surface area contributed by atoms with Crippen LogP contribution in [0.2, 0.25) is 0 Å². The molecule has 0 aromatic carbocycles. The van der Waals surface area contributed by atoms with Gasteiger partial charge in [-0.2, -0.15) is 0 Å². The lowest BCUT2D eigenvalue weighted by Gasteiger charge is -2.39. The lowest BCUT2D eigenvalue weighted by atomic mass is 9.88. The van der Waals surface area contributed by atoms with E-state index in [0.717, 1.165) is 38.3 Å². The Morgan fingerprint density at radius 2 is 2.22 bits per heavy atom. The van der Waals surface area contributed by atoms with Gasteiger partial charge in [-0.25, -0.2) is 0 Å². The molecule has 1 saturated heterocycles. The molecule has 18 heavy (non-hydrogen) atoms. The first-order chi connectivity index (χ1) is 8.72. The molecule has 4 nitrogen and oxygen atoms in total. The van der Waals surface area contributed by atoms with Crippen LogP contribution in [-0.4, -0.2) is 43.2 Å². The minimum Gasteiger partial charge on any atom is -0.382 e. The van der Waals surface area contributed by atoms with E-state index < -0.39 is 0 Å². The first-order valence-corrected chi connectivity index (χ1v) is 7.30. The topological polar surface area (TPSA) is 55.6 Å². The highest BCUT2D eigenvalue weighted by atomic mass is 16.5. The number of hydrogen-bond acceptors (Lipinski definition) is 3. The molecule has 4 heteroatoms. The number of carbonyl (C=O) groups excluding carboxylic acids is 1. The van der Waals surface area contributed by atoms with Gasteiger partial charge in [0.15, 0.2) is 0 Å². The molecule has 1 rings (SSSR count). The Balaban J connectivity index is 2.36. The van der Waals surface area contributed by atoms with E-state index in [1.54, 1.807) is 0 Å². The summed E-state index contributed by atoms with van der Waals surface area (Å²) in [7, 11) is 0. The van der Waals surface area contributed by atoms with E-state index in [1.165, 1.54) is 6.42 Å². The smallest absolute Gasteiger partial charge is 0.222 e. The summed E-state index contributed by atoms with van der Waals surface area (Å²) in [6.07, 6.45) is 4.81. The number of rotatable bonds is 7. The van der Waals surface area contributed by atoms with Gasteiger partial charge in [0.2, 0.25) is 5.91 Å². The minimum atomic E-state index is 0.250. The molecule has 1 amide bonds. The number of nitrogens with zero attached hydrogens (tertiary/aromatic N) is 1. The van der Waals surface area contributed by atoms with Crippen LogP contribution in [0.15, 0.2) is 0 Å². The maximum Gasteiger partial charge on any atom is 0.222 e.